The predicted molar refractivity (Wildman–Crippen MR) is 69.1 cm³/mol. The van der Waals surface area contributed by atoms with Gasteiger partial charge < -0.3 is 10.5 Å². The van der Waals surface area contributed by atoms with Gasteiger partial charge in [0.15, 0.2) is 0 Å². The van der Waals surface area contributed by atoms with Crippen LogP contribution in [0.25, 0.3) is 0 Å². The molecule has 1 aliphatic heterocycles. The molecule has 1 aliphatic rings. The van der Waals surface area contributed by atoms with Crippen LogP contribution in [0.3, 0.4) is 0 Å². The van der Waals surface area contributed by atoms with Gasteiger partial charge in [0.25, 0.3) is 0 Å². The highest BCUT2D eigenvalue weighted by Gasteiger charge is 2.36. The number of nitrogens with two attached hydrogens (primary N) is 1. The highest BCUT2D eigenvalue weighted by atomic mass is 32.2. The molecule has 0 aromatic heterocycles. The first-order valence-corrected chi connectivity index (χ1v) is 7.74. The number of sulfonamides is 1. The first-order chi connectivity index (χ1) is 9.70. The summed E-state index contributed by atoms with van der Waals surface area (Å²) < 4.78 is 66.9. The van der Waals surface area contributed by atoms with Gasteiger partial charge >= 0.3 is 6.36 Å². The topological polar surface area (TPSA) is 72.6 Å². The van der Waals surface area contributed by atoms with Gasteiger partial charge in [0.05, 0.1) is 0 Å². The molecule has 1 unspecified atom stereocenters. The van der Waals surface area contributed by atoms with E-state index in [4.69, 9.17) is 5.73 Å². The smallest absolute Gasteiger partial charge is 0.404 e. The number of nitrogens with zero attached hydrogens (tertiary/aromatic N) is 1. The van der Waals surface area contributed by atoms with Gasteiger partial charge in [-0.1, -0.05) is 12.1 Å². The molecule has 118 valence electrons. The van der Waals surface area contributed by atoms with Gasteiger partial charge in [0, 0.05) is 19.1 Å². The normalized spacial score (nSPS) is 21.2. The fraction of sp³-hybridized carbons (Fsp3) is 0.500. The third-order valence-electron chi connectivity index (χ3n) is 3.11. The first kappa shape index (κ1) is 16.1. The molecule has 1 fully saturated rings. The molecule has 0 bridgehead atoms. The van der Waals surface area contributed by atoms with E-state index in [0.717, 1.165) is 16.4 Å². The van der Waals surface area contributed by atoms with Crippen molar-refractivity contribution in [2.24, 2.45) is 5.73 Å². The molecule has 1 atom stereocenters. The second-order valence-electron chi connectivity index (χ2n) is 4.76. The van der Waals surface area contributed by atoms with Gasteiger partial charge in [-0.15, -0.1) is 13.2 Å². The highest BCUT2D eigenvalue weighted by molar-refractivity contribution is 7.89. The molecule has 0 saturated carbocycles. The van der Waals surface area contributed by atoms with Crippen LogP contribution in [0.2, 0.25) is 0 Å². The Hall–Kier alpha value is -1.32. The minimum absolute atomic E-state index is 0.0860. The molecular formula is C12H15F3N2O3S. The maximum absolute atomic E-state index is 12.5. The largest absolute Gasteiger partial charge is 0.573 e. The molecule has 21 heavy (non-hydrogen) atoms. The molecule has 2 N–H and O–H groups in total. The summed E-state index contributed by atoms with van der Waals surface area (Å²) >= 11 is 0. The molecule has 0 aliphatic carbocycles. The lowest BCUT2D eigenvalue weighted by Gasteiger charge is -2.30. The lowest BCUT2D eigenvalue weighted by molar-refractivity contribution is -0.275. The first-order valence-electron chi connectivity index (χ1n) is 6.30. The van der Waals surface area contributed by atoms with Crippen molar-refractivity contribution in [3.63, 3.8) is 0 Å². The van der Waals surface area contributed by atoms with Crippen molar-refractivity contribution in [2.45, 2.75) is 30.1 Å². The van der Waals surface area contributed by atoms with Gasteiger partial charge in [-0.25, -0.2) is 8.42 Å². The van der Waals surface area contributed by atoms with Gasteiger partial charge in [0.2, 0.25) is 10.0 Å². The van der Waals surface area contributed by atoms with Crippen molar-refractivity contribution in [2.75, 3.05) is 13.1 Å². The Kier molecular flexibility index (Phi) is 4.45. The molecule has 1 saturated heterocycles. The maximum Gasteiger partial charge on any atom is 0.573 e. The van der Waals surface area contributed by atoms with Crippen LogP contribution in [0, 0.1) is 0 Å². The van der Waals surface area contributed by atoms with E-state index < -0.39 is 27.0 Å². The molecule has 1 aromatic carbocycles. The van der Waals surface area contributed by atoms with E-state index in [1.807, 2.05) is 0 Å². The fourth-order valence-corrected chi connectivity index (χ4v) is 3.85. The van der Waals surface area contributed by atoms with Crippen LogP contribution in [0.4, 0.5) is 13.2 Å². The van der Waals surface area contributed by atoms with E-state index in [9.17, 15) is 21.6 Å². The second-order valence-corrected chi connectivity index (χ2v) is 6.67. The van der Waals surface area contributed by atoms with Gasteiger partial charge in [-0.3, -0.25) is 0 Å². The van der Waals surface area contributed by atoms with Crippen molar-refractivity contribution in [1.29, 1.82) is 0 Å². The summed E-state index contributed by atoms with van der Waals surface area (Å²) in [5, 5.41) is 0. The van der Waals surface area contributed by atoms with Crippen molar-refractivity contribution >= 4 is 10.0 Å². The quantitative estimate of drug-likeness (QED) is 0.918. The zero-order valence-corrected chi connectivity index (χ0v) is 11.8. The van der Waals surface area contributed by atoms with Crippen LogP contribution in [0.1, 0.15) is 12.8 Å². The van der Waals surface area contributed by atoms with Crippen molar-refractivity contribution in [3.05, 3.63) is 24.3 Å². The lowest BCUT2D eigenvalue weighted by atomic mass is 10.1. The number of hydrogen-bond donors (Lipinski definition) is 1. The Morgan fingerprint density at radius 3 is 2.57 bits per heavy atom. The number of para-hydroxylation sites is 1. The Balaban J connectivity index is 2.36. The molecule has 2 rings (SSSR count). The highest BCUT2D eigenvalue weighted by Crippen LogP contribution is 2.32. The van der Waals surface area contributed by atoms with Gasteiger partial charge in [-0.2, -0.15) is 4.31 Å². The van der Waals surface area contributed by atoms with Gasteiger partial charge in [0.1, 0.15) is 10.6 Å². The minimum Gasteiger partial charge on any atom is -0.404 e. The number of benzene rings is 1. The van der Waals surface area contributed by atoms with E-state index in [2.05, 4.69) is 4.74 Å². The average Bonchev–Trinajstić information content (AvgIpc) is 2.37. The van der Waals surface area contributed by atoms with Crippen LogP contribution < -0.4 is 10.5 Å². The second kappa shape index (κ2) is 5.82. The van der Waals surface area contributed by atoms with Crippen LogP contribution >= 0.6 is 0 Å². The Morgan fingerprint density at radius 2 is 1.95 bits per heavy atom. The van der Waals surface area contributed by atoms with Crippen LogP contribution in [-0.2, 0) is 10.0 Å². The molecule has 5 nitrogen and oxygen atoms in total. The minimum atomic E-state index is -4.95. The van der Waals surface area contributed by atoms with E-state index in [-0.39, 0.29) is 19.1 Å². The number of ether oxygens (including phenoxy) is 1. The standard InChI is InChI=1S/C12H15F3N2O3S/c13-12(14,15)20-10-5-1-2-6-11(10)21(18,19)17-7-3-4-9(16)8-17/h1-2,5-6,9H,3-4,7-8,16H2. The Morgan fingerprint density at radius 1 is 1.29 bits per heavy atom. The molecule has 0 spiro atoms. The number of alkyl halides is 3. The summed E-state index contributed by atoms with van der Waals surface area (Å²) in [6.07, 6.45) is -3.70. The Bertz CT molecular complexity index is 604. The summed E-state index contributed by atoms with van der Waals surface area (Å²) in [6, 6.07) is 4.38. The summed E-state index contributed by atoms with van der Waals surface area (Å²) in [4.78, 5) is -0.503. The zero-order valence-electron chi connectivity index (χ0n) is 11.0. The van der Waals surface area contributed by atoms with Crippen LogP contribution in [0.15, 0.2) is 29.2 Å². The number of piperidine rings is 1. The molecule has 1 aromatic rings. The monoisotopic (exact) mass is 324 g/mol. The number of halogens is 3. The van der Waals surface area contributed by atoms with E-state index in [0.29, 0.717) is 12.8 Å². The van der Waals surface area contributed by atoms with Gasteiger partial charge in [-0.05, 0) is 25.0 Å². The lowest BCUT2D eigenvalue weighted by Crippen LogP contribution is -2.45. The van der Waals surface area contributed by atoms with Crippen molar-refractivity contribution < 1.29 is 26.3 Å². The van der Waals surface area contributed by atoms with Crippen LogP contribution in [0.5, 0.6) is 5.75 Å². The molecule has 0 amide bonds. The fourth-order valence-electron chi connectivity index (χ4n) is 2.20. The molecular weight excluding hydrogens is 309 g/mol. The third kappa shape index (κ3) is 3.86. The molecule has 9 heteroatoms. The number of rotatable bonds is 3. The maximum atomic E-state index is 12.5. The third-order valence-corrected chi connectivity index (χ3v) is 5.02. The molecule has 0 radical (unpaired) electrons. The number of hydrogen-bond acceptors (Lipinski definition) is 4. The Labute approximate surface area is 120 Å². The van der Waals surface area contributed by atoms with Crippen molar-refractivity contribution in [1.82, 2.24) is 4.31 Å². The summed E-state index contributed by atoms with van der Waals surface area (Å²) in [5.41, 5.74) is 5.72. The van der Waals surface area contributed by atoms with E-state index in [1.165, 1.54) is 12.1 Å². The molecule has 1 heterocycles. The average molecular weight is 324 g/mol. The van der Waals surface area contributed by atoms with Crippen molar-refractivity contribution in [3.8, 4) is 5.75 Å². The van der Waals surface area contributed by atoms with Crippen LogP contribution in [-0.4, -0.2) is 38.2 Å². The summed E-state index contributed by atoms with van der Waals surface area (Å²) in [5.74, 6) is -0.732. The van der Waals surface area contributed by atoms with E-state index >= 15 is 0 Å². The SMILES string of the molecule is NC1CCCN(S(=O)(=O)c2ccccc2OC(F)(F)F)C1. The summed E-state index contributed by atoms with van der Waals surface area (Å²) in [6.45, 7) is 0.319. The zero-order chi connectivity index (χ0) is 15.7. The predicted octanol–water partition coefficient (Wildman–Crippen LogP) is 1.70. The summed E-state index contributed by atoms with van der Waals surface area (Å²) in [7, 11) is -4.07. The van der Waals surface area contributed by atoms with E-state index in [1.54, 1.807) is 0 Å².